The topological polar surface area (TPSA) is 128 Å². The van der Waals surface area contributed by atoms with Crippen molar-refractivity contribution in [1.29, 1.82) is 0 Å². The van der Waals surface area contributed by atoms with Crippen molar-refractivity contribution in [2.75, 3.05) is 24.1 Å². The third-order valence-electron chi connectivity index (χ3n) is 6.93. The smallest absolute Gasteiger partial charge is 0.276 e. The fraction of sp³-hybridized carbons (Fsp3) is 0.440. The second-order valence-corrected chi connectivity index (χ2v) is 10.1. The summed E-state index contributed by atoms with van der Waals surface area (Å²) in [4.78, 5) is 24.4. The van der Waals surface area contributed by atoms with Crippen molar-refractivity contribution in [3.8, 4) is 11.4 Å². The van der Waals surface area contributed by atoms with E-state index in [9.17, 15) is 4.79 Å². The number of anilines is 2. The van der Waals surface area contributed by atoms with Gasteiger partial charge in [0.05, 0.1) is 11.4 Å². The van der Waals surface area contributed by atoms with Gasteiger partial charge in [0, 0.05) is 37.1 Å². The first-order chi connectivity index (χ1) is 16.2. The van der Waals surface area contributed by atoms with Gasteiger partial charge in [-0.15, -0.1) is 24.8 Å². The van der Waals surface area contributed by atoms with Crippen LogP contribution in [0.5, 0.6) is 0 Å². The number of nitrogen functional groups attached to an aromatic ring is 1. The maximum absolute atomic E-state index is 13.3. The number of nitrogens with two attached hydrogens (primary N) is 2. The van der Waals surface area contributed by atoms with E-state index in [-0.39, 0.29) is 42.1 Å². The Morgan fingerprint density at radius 1 is 1.17 bits per heavy atom. The molecule has 2 aliphatic rings. The highest BCUT2D eigenvalue weighted by Crippen LogP contribution is 2.43. The number of rotatable bonds is 4. The maximum atomic E-state index is 13.3. The van der Waals surface area contributed by atoms with E-state index in [1.165, 1.54) is 5.56 Å². The molecule has 1 fully saturated rings. The molecule has 0 saturated carbocycles. The van der Waals surface area contributed by atoms with Crippen LogP contribution in [0.2, 0.25) is 0 Å². The number of nitrogens with one attached hydrogen (secondary N) is 1. The van der Waals surface area contributed by atoms with Gasteiger partial charge in [-0.1, -0.05) is 26.0 Å². The Kier molecular flexibility index (Phi) is 8.30. The van der Waals surface area contributed by atoms with Crippen molar-refractivity contribution in [2.24, 2.45) is 12.8 Å². The number of piperidine rings is 1. The molecule has 3 heterocycles. The predicted molar refractivity (Wildman–Crippen MR) is 147 cm³/mol. The predicted octanol–water partition coefficient (Wildman–Crippen LogP) is 3.31. The van der Waals surface area contributed by atoms with E-state index >= 15 is 0 Å². The Labute approximate surface area is 223 Å². The minimum absolute atomic E-state index is 0. The molecule has 1 aliphatic heterocycles. The largest absolute Gasteiger partial charge is 0.368 e. The average Bonchev–Trinajstić information content (AvgIpc) is 3.16. The van der Waals surface area contributed by atoms with Crippen molar-refractivity contribution in [3.63, 3.8) is 0 Å². The van der Waals surface area contributed by atoms with Gasteiger partial charge in [0.25, 0.3) is 5.91 Å². The highest BCUT2D eigenvalue weighted by atomic mass is 35.5. The van der Waals surface area contributed by atoms with E-state index in [4.69, 9.17) is 11.5 Å². The molecule has 0 spiro atoms. The molecule has 5 N–H and O–H groups in total. The van der Waals surface area contributed by atoms with Crippen LogP contribution in [0.15, 0.2) is 30.5 Å². The Morgan fingerprint density at radius 2 is 1.83 bits per heavy atom. The third kappa shape index (κ3) is 5.34. The lowest BCUT2D eigenvalue weighted by Crippen LogP contribution is -2.39. The molecule has 0 unspecified atom stereocenters. The summed E-state index contributed by atoms with van der Waals surface area (Å²) in [5.41, 5.74) is 17.4. The first-order valence-corrected chi connectivity index (χ1v) is 11.8. The van der Waals surface area contributed by atoms with Gasteiger partial charge in [-0.05, 0) is 61.0 Å². The molecule has 9 nitrogen and oxygen atoms in total. The molecule has 0 atom stereocenters. The Morgan fingerprint density at radius 3 is 2.50 bits per heavy atom. The van der Waals surface area contributed by atoms with E-state index in [1.54, 1.807) is 10.9 Å². The van der Waals surface area contributed by atoms with Crippen LogP contribution in [0.1, 0.15) is 53.9 Å². The van der Waals surface area contributed by atoms with E-state index in [0.29, 0.717) is 18.2 Å². The SMILES string of the molecule is Cl.Cl.Cn1nc(C(=O)Nc2ccc(CN3CCC(N)CC3)cc2)c2c1-c1nc(N)ncc1CC2(C)C. The van der Waals surface area contributed by atoms with Crippen LogP contribution >= 0.6 is 24.8 Å². The summed E-state index contributed by atoms with van der Waals surface area (Å²) in [6, 6.07) is 8.37. The fourth-order valence-electron chi connectivity index (χ4n) is 5.17. The first-order valence-electron chi connectivity index (χ1n) is 11.8. The van der Waals surface area contributed by atoms with Crippen LogP contribution in [-0.2, 0) is 25.4 Å². The summed E-state index contributed by atoms with van der Waals surface area (Å²) in [7, 11) is 1.83. The Hall–Kier alpha value is -2.72. The maximum Gasteiger partial charge on any atom is 0.276 e. The van der Waals surface area contributed by atoms with Crippen LogP contribution < -0.4 is 16.8 Å². The molecule has 36 heavy (non-hydrogen) atoms. The summed E-state index contributed by atoms with van der Waals surface area (Å²) in [6.45, 7) is 7.19. The van der Waals surface area contributed by atoms with Crippen molar-refractivity contribution < 1.29 is 4.79 Å². The third-order valence-corrected chi connectivity index (χ3v) is 6.93. The average molecular weight is 534 g/mol. The highest BCUT2D eigenvalue weighted by Gasteiger charge is 2.39. The lowest BCUT2D eigenvalue weighted by molar-refractivity contribution is 0.101. The summed E-state index contributed by atoms with van der Waals surface area (Å²) in [5, 5.41) is 7.63. The number of hydrogen-bond donors (Lipinski definition) is 3. The fourth-order valence-corrected chi connectivity index (χ4v) is 5.17. The molecule has 11 heteroatoms. The van der Waals surface area contributed by atoms with E-state index in [1.807, 2.05) is 19.2 Å². The molecule has 1 saturated heterocycles. The number of aryl methyl sites for hydroxylation is 1. The van der Waals surface area contributed by atoms with Gasteiger partial charge in [-0.25, -0.2) is 9.97 Å². The molecule has 5 rings (SSSR count). The minimum atomic E-state index is -0.302. The molecular formula is C25H34Cl2N8O. The summed E-state index contributed by atoms with van der Waals surface area (Å²) in [6.07, 6.45) is 4.57. The van der Waals surface area contributed by atoms with Gasteiger partial charge < -0.3 is 16.8 Å². The van der Waals surface area contributed by atoms with Gasteiger partial charge >= 0.3 is 0 Å². The zero-order valence-corrected chi connectivity index (χ0v) is 22.5. The molecular weight excluding hydrogens is 499 g/mol. The summed E-state index contributed by atoms with van der Waals surface area (Å²) < 4.78 is 1.73. The van der Waals surface area contributed by atoms with Crippen molar-refractivity contribution >= 4 is 42.4 Å². The quantitative estimate of drug-likeness (QED) is 0.470. The van der Waals surface area contributed by atoms with Crippen LogP contribution in [0, 0.1) is 0 Å². The van der Waals surface area contributed by atoms with E-state index < -0.39 is 0 Å². The molecule has 0 bridgehead atoms. The Balaban J connectivity index is 0.00000180. The van der Waals surface area contributed by atoms with Gasteiger partial charge in [0.15, 0.2) is 5.69 Å². The van der Waals surface area contributed by atoms with Gasteiger partial charge in [0.1, 0.15) is 0 Å². The number of halogens is 2. The number of fused-ring (bicyclic) bond motifs is 3. The summed E-state index contributed by atoms with van der Waals surface area (Å²) >= 11 is 0. The number of carbonyl (C=O) groups is 1. The zero-order chi connectivity index (χ0) is 24.0. The first kappa shape index (κ1) is 27.9. The zero-order valence-electron chi connectivity index (χ0n) is 20.8. The van der Waals surface area contributed by atoms with Crippen molar-refractivity contribution in [2.45, 2.75) is 51.1 Å². The second kappa shape index (κ2) is 10.7. The highest BCUT2D eigenvalue weighted by molar-refractivity contribution is 6.05. The van der Waals surface area contributed by atoms with Crippen LogP contribution in [-0.4, -0.2) is 49.7 Å². The number of likely N-dealkylation sites (tertiary alicyclic amines) is 1. The molecule has 1 aromatic carbocycles. The summed E-state index contributed by atoms with van der Waals surface area (Å²) in [5.74, 6) is -0.0164. The number of benzene rings is 1. The second-order valence-electron chi connectivity index (χ2n) is 10.1. The lowest BCUT2D eigenvalue weighted by Gasteiger charge is -2.31. The van der Waals surface area contributed by atoms with Crippen LogP contribution in [0.4, 0.5) is 11.6 Å². The molecule has 3 aromatic rings. The lowest BCUT2D eigenvalue weighted by atomic mass is 9.73. The van der Waals surface area contributed by atoms with Crippen molar-refractivity contribution in [3.05, 3.63) is 52.8 Å². The van der Waals surface area contributed by atoms with Crippen molar-refractivity contribution in [1.82, 2.24) is 24.6 Å². The van der Waals surface area contributed by atoms with E-state index in [2.05, 4.69) is 51.3 Å². The number of aromatic nitrogens is 4. The monoisotopic (exact) mass is 532 g/mol. The van der Waals surface area contributed by atoms with Gasteiger partial charge in [0.2, 0.25) is 5.95 Å². The molecule has 2 aromatic heterocycles. The number of amides is 1. The van der Waals surface area contributed by atoms with Gasteiger partial charge in [-0.3, -0.25) is 14.4 Å². The number of carbonyl (C=O) groups excluding carboxylic acids is 1. The molecule has 0 radical (unpaired) electrons. The van der Waals surface area contributed by atoms with Gasteiger partial charge in [-0.2, -0.15) is 5.10 Å². The minimum Gasteiger partial charge on any atom is -0.368 e. The van der Waals surface area contributed by atoms with E-state index in [0.717, 1.165) is 60.7 Å². The molecule has 1 aliphatic carbocycles. The Bertz CT molecular complexity index is 1230. The molecule has 1 amide bonds. The number of hydrogen-bond acceptors (Lipinski definition) is 7. The normalized spacial score (nSPS) is 16.8. The van der Waals surface area contributed by atoms with Crippen LogP contribution in [0.3, 0.4) is 0 Å². The van der Waals surface area contributed by atoms with Crippen LogP contribution in [0.25, 0.3) is 11.4 Å². The standard InChI is InChI=1S/C25H32N8O.2ClH/c1-25(2)12-16-13-28-24(27)30-20(16)22-19(25)21(31-32(22)3)23(34)29-18-6-4-15(5-7-18)14-33-10-8-17(26)9-11-33;;/h4-7,13,17H,8-12,14,26H2,1-3H3,(H,29,34)(H2,27,28,30);2*1H. The number of nitrogens with zero attached hydrogens (tertiary/aromatic N) is 5. The molecule has 194 valence electrons.